The molecule has 2 unspecified atom stereocenters. The molecule has 0 amide bonds. The molecule has 114 valence electrons. The molecule has 4 fully saturated rings. The molecule has 3 nitrogen and oxygen atoms in total. The highest BCUT2D eigenvalue weighted by Gasteiger charge is 2.60. The summed E-state index contributed by atoms with van der Waals surface area (Å²) in [7, 11) is 0. The van der Waals surface area contributed by atoms with Crippen LogP contribution in [0.1, 0.15) is 52.4 Å². The van der Waals surface area contributed by atoms with E-state index in [0.29, 0.717) is 21.1 Å². The molecule has 0 aromatic carbocycles. The van der Waals surface area contributed by atoms with Crippen LogP contribution in [0, 0.1) is 16.7 Å². The van der Waals surface area contributed by atoms with Crippen LogP contribution in [0.25, 0.3) is 0 Å². The van der Waals surface area contributed by atoms with Gasteiger partial charge in [0.05, 0.1) is 5.69 Å². The first-order valence-electron chi connectivity index (χ1n) is 7.76. The Morgan fingerprint density at radius 1 is 1.05 bits per heavy atom. The van der Waals surface area contributed by atoms with E-state index in [9.17, 15) is 0 Å². The van der Waals surface area contributed by atoms with E-state index in [2.05, 4.69) is 29.4 Å². The Labute approximate surface area is 135 Å². The van der Waals surface area contributed by atoms with Crippen molar-refractivity contribution in [3.05, 3.63) is 16.4 Å². The van der Waals surface area contributed by atoms with Gasteiger partial charge in [0, 0.05) is 11.6 Å². The van der Waals surface area contributed by atoms with Crippen LogP contribution in [-0.4, -0.2) is 15.7 Å². The molecule has 2 atom stereocenters. The van der Waals surface area contributed by atoms with E-state index in [1.165, 1.54) is 38.5 Å². The molecule has 4 aliphatic rings. The highest BCUT2D eigenvalue weighted by atomic mass is 35.5. The van der Waals surface area contributed by atoms with Crippen molar-refractivity contribution in [1.82, 2.24) is 10.2 Å². The fraction of sp³-hybridized carbons (Fsp3) is 0.750. The summed E-state index contributed by atoms with van der Waals surface area (Å²) in [6.07, 6.45) is 7.83. The molecular weight excluding hydrogens is 305 g/mol. The van der Waals surface area contributed by atoms with E-state index in [1.54, 1.807) is 6.07 Å². The van der Waals surface area contributed by atoms with Gasteiger partial charge in [-0.2, -0.15) is 0 Å². The minimum atomic E-state index is 0.152. The quantitative estimate of drug-likeness (QED) is 0.836. The third-order valence-electron chi connectivity index (χ3n) is 5.75. The first kappa shape index (κ1) is 14.1. The summed E-state index contributed by atoms with van der Waals surface area (Å²) in [6.45, 7) is 4.93. The maximum atomic E-state index is 6.21. The lowest BCUT2D eigenvalue weighted by molar-refractivity contribution is -0.0973. The van der Waals surface area contributed by atoms with Gasteiger partial charge in [0.15, 0.2) is 10.3 Å². The Morgan fingerprint density at radius 2 is 1.71 bits per heavy atom. The summed E-state index contributed by atoms with van der Waals surface area (Å²) in [4.78, 5) is 0. The molecule has 0 aliphatic heterocycles. The number of rotatable bonds is 2. The van der Waals surface area contributed by atoms with Crippen molar-refractivity contribution < 1.29 is 0 Å². The lowest BCUT2D eigenvalue weighted by Gasteiger charge is -2.65. The number of anilines is 1. The zero-order valence-corrected chi connectivity index (χ0v) is 14.1. The molecule has 0 spiro atoms. The normalized spacial score (nSPS) is 44.1. The molecule has 0 radical (unpaired) electrons. The SMILES string of the molecule is CC12CC3CC(C)(C1)CC(Nc1cc(Cl)nnc1Cl)(C3)C2. The fourth-order valence-electron chi connectivity index (χ4n) is 6.31. The topological polar surface area (TPSA) is 37.8 Å². The molecule has 5 heteroatoms. The molecule has 21 heavy (non-hydrogen) atoms. The zero-order valence-electron chi connectivity index (χ0n) is 12.5. The summed E-state index contributed by atoms with van der Waals surface area (Å²) >= 11 is 12.2. The second kappa shape index (κ2) is 4.26. The molecule has 1 N–H and O–H groups in total. The van der Waals surface area contributed by atoms with Crippen molar-refractivity contribution >= 4 is 28.9 Å². The van der Waals surface area contributed by atoms with Gasteiger partial charge in [-0.25, -0.2) is 0 Å². The highest BCUT2D eigenvalue weighted by Crippen LogP contribution is 2.66. The minimum Gasteiger partial charge on any atom is -0.377 e. The Kier molecular flexibility index (Phi) is 2.86. The van der Waals surface area contributed by atoms with E-state index >= 15 is 0 Å². The summed E-state index contributed by atoms with van der Waals surface area (Å²) in [5.41, 5.74) is 1.93. The van der Waals surface area contributed by atoms with Crippen LogP contribution in [0.3, 0.4) is 0 Å². The summed E-state index contributed by atoms with van der Waals surface area (Å²) in [5.74, 6) is 0.841. The van der Waals surface area contributed by atoms with E-state index < -0.39 is 0 Å². The smallest absolute Gasteiger partial charge is 0.174 e. The molecule has 1 aromatic rings. The number of nitrogens with zero attached hydrogens (tertiary/aromatic N) is 2. The van der Waals surface area contributed by atoms with Crippen LogP contribution in [0.2, 0.25) is 10.3 Å². The van der Waals surface area contributed by atoms with Crippen LogP contribution < -0.4 is 5.32 Å². The van der Waals surface area contributed by atoms with Crippen LogP contribution in [0.15, 0.2) is 6.07 Å². The summed E-state index contributed by atoms with van der Waals surface area (Å²) < 4.78 is 0. The third-order valence-corrected chi connectivity index (χ3v) is 6.21. The maximum absolute atomic E-state index is 6.21. The molecular formula is C16H21Cl2N3. The monoisotopic (exact) mass is 325 g/mol. The van der Waals surface area contributed by atoms with E-state index in [0.717, 1.165) is 11.6 Å². The summed E-state index contributed by atoms with van der Waals surface area (Å²) in [6, 6.07) is 1.81. The van der Waals surface area contributed by atoms with Crippen LogP contribution in [0.4, 0.5) is 5.69 Å². The molecule has 1 aromatic heterocycles. The van der Waals surface area contributed by atoms with Crippen molar-refractivity contribution in [3.8, 4) is 0 Å². The van der Waals surface area contributed by atoms with Crippen LogP contribution in [0.5, 0.6) is 0 Å². The number of nitrogens with one attached hydrogen (secondary N) is 1. The number of hydrogen-bond acceptors (Lipinski definition) is 3. The Morgan fingerprint density at radius 3 is 2.33 bits per heavy atom. The molecule has 0 saturated heterocycles. The Bertz CT molecular complexity index is 585. The molecule has 4 aliphatic carbocycles. The average molecular weight is 326 g/mol. The maximum Gasteiger partial charge on any atom is 0.174 e. The van der Waals surface area contributed by atoms with Gasteiger partial charge in [0.2, 0.25) is 0 Å². The molecule has 4 saturated carbocycles. The second-order valence-corrected chi connectivity index (χ2v) is 9.15. The van der Waals surface area contributed by atoms with Crippen molar-refractivity contribution in [2.45, 2.75) is 57.9 Å². The number of hydrogen-bond donors (Lipinski definition) is 1. The van der Waals surface area contributed by atoms with Gasteiger partial charge < -0.3 is 5.32 Å². The van der Waals surface area contributed by atoms with Crippen molar-refractivity contribution in [2.24, 2.45) is 16.7 Å². The lowest BCUT2D eigenvalue weighted by atomic mass is 9.43. The lowest BCUT2D eigenvalue weighted by Crippen LogP contribution is -2.61. The second-order valence-electron chi connectivity index (χ2n) is 8.41. The summed E-state index contributed by atoms with van der Waals surface area (Å²) in [5, 5.41) is 12.3. The first-order chi connectivity index (χ1) is 9.79. The van der Waals surface area contributed by atoms with Gasteiger partial charge in [-0.15, -0.1) is 10.2 Å². The molecule has 1 heterocycles. The van der Waals surface area contributed by atoms with Crippen molar-refractivity contribution in [3.63, 3.8) is 0 Å². The molecule has 5 rings (SSSR count). The predicted molar refractivity (Wildman–Crippen MR) is 85.8 cm³/mol. The zero-order chi connectivity index (χ0) is 14.9. The first-order valence-corrected chi connectivity index (χ1v) is 8.52. The number of halogens is 2. The van der Waals surface area contributed by atoms with Crippen molar-refractivity contribution in [2.75, 3.05) is 5.32 Å². The van der Waals surface area contributed by atoms with Gasteiger partial charge >= 0.3 is 0 Å². The van der Waals surface area contributed by atoms with E-state index in [-0.39, 0.29) is 5.54 Å². The van der Waals surface area contributed by atoms with Crippen LogP contribution in [-0.2, 0) is 0 Å². The van der Waals surface area contributed by atoms with Gasteiger partial charge in [0.25, 0.3) is 0 Å². The fourth-order valence-corrected chi connectivity index (χ4v) is 6.60. The van der Waals surface area contributed by atoms with Gasteiger partial charge in [-0.1, -0.05) is 37.0 Å². The van der Waals surface area contributed by atoms with E-state index in [1.807, 2.05) is 0 Å². The highest BCUT2D eigenvalue weighted by molar-refractivity contribution is 6.33. The van der Waals surface area contributed by atoms with Crippen LogP contribution >= 0.6 is 23.2 Å². The largest absolute Gasteiger partial charge is 0.377 e. The Hall–Kier alpha value is -0.540. The van der Waals surface area contributed by atoms with Gasteiger partial charge in [-0.05, 0) is 55.3 Å². The van der Waals surface area contributed by atoms with Gasteiger partial charge in [-0.3, -0.25) is 0 Å². The predicted octanol–water partition coefficient (Wildman–Crippen LogP) is 4.94. The van der Waals surface area contributed by atoms with E-state index in [4.69, 9.17) is 23.2 Å². The number of aromatic nitrogens is 2. The third kappa shape index (κ3) is 2.33. The molecule has 4 bridgehead atoms. The van der Waals surface area contributed by atoms with Gasteiger partial charge in [0.1, 0.15) is 0 Å². The minimum absolute atomic E-state index is 0.152. The van der Waals surface area contributed by atoms with Crippen molar-refractivity contribution in [1.29, 1.82) is 0 Å². The average Bonchev–Trinajstić information content (AvgIpc) is 2.28. The Balaban J connectivity index is 1.70. The standard InChI is InChI=1S/C16H21Cl2N3/c1-14-4-10-5-15(2,7-14)9-16(6-10,8-14)19-11-3-12(17)20-21-13(11)18/h3,10H,4-9H2,1-2H3,(H,19,20).